The number of amides is 3. The number of nitrogens with zero attached hydrogens (tertiary/aromatic N) is 1. The van der Waals surface area contributed by atoms with Crippen molar-refractivity contribution in [2.24, 2.45) is 5.92 Å². The number of urea groups is 1. The summed E-state index contributed by atoms with van der Waals surface area (Å²) in [5.74, 6) is 0.112. The van der Waals surface area contributed by atoms with Crippen LogP contribution in [0.5, 0.6) is 0 Å². The van der Waals surface area contributed by atoms with Crippen LogP contribution in [0.3, 0.4) is 0 Å². The van der Waals surface area contributed by atoms with Gasteiger partial charge in [0.25, 0.3) is 5.91 Å². The molecule has 3 amide bonds. The van der Waals surface area contributed by atoms with E-state index in [0.717, 1.165) is 0 Å². The Morgan fingerprint density at radius 3 is 2.57 bits per heavy atom. The van der Waals surface area contributed by atoms with Gasteiger partial charge in [0.1, 0.15) is 5.69 Å². The van der Waals surface area contributed by atoms with Gasteiger partial charge >= 0.3 is 6.03 Å². The van der Waals surface area contributed by atoms with Gasteiger partial charge < -0.3 is 10.6 Å². The van der Waals surface area contributed by atoms with Crippen molar-refractivity contribution in [3.63, 3.8) is 0 Å². The third kappa shape index (κ3) is 5.54. The van der Waals surface area contributed by atoms with Crippen LogP contribution >= 0.6 is 22.9 Å². The molecule has 122 valence electrons. The number of rotatable bonds is 5. The average molecular weight is 353 g/mol. The second-order valence-corrected chi connectivity index (χ2v) is 6.52. The topological polar surface area (TPSA) is 83.1 Å². The Labute approximate surface area is 143 Å². The van der Waals surface area contributed by atoms with E-state index in [4.69, 9.17) is 11.6 Å². The highest BCUT2D eigenvalue weighted by Gasteiger charge is 2.12. The number of halogens is 1. The first-order chi connectivity index (χ1) is 10.9. The Kier molecular flexibility index (Phi) is 5.95. The summed E-state index contributed by atoms with van der Waals surface area (Å²) in [6.07, 6.45) is 0. The molecule has 23 heavy (non-hydrogen) atoms. The molecule has 0 atom stereocenters. The second-order valence-electron chi connectivity index (χ2n) is 5.23. The number of thiazole rings is 1. The van der Waals surface area contributed by atoms with Gasteiger partial charge in [-0.1, -0.05) is 25.4 Å². The number of aromatic nitrogens is 1. The molecule has 1 aromatic heterocycles. The summed E-state index contributed by atoms with van der Waals surface area (Å²) in [5.41, 5.74) is 0.899. The van der Waals surface area contributed by atoms with Gasteiger partial charge in [0.2, 0.25) is 0 Å². The van der Waals surface area contributed by atoms with Crippen molar-refractivity contribution in [2.45, 2.75) is 13.8 Å². The van der Waals surface area contributed by atoms with E-state index < -0.39 is 6.03 Å². The number of nitrogens with one attached hydrogen (secondary N) is 3. The molecule has 0 unspecified atom stereocenters. The monoisotopic (exact) mass is 352 g/mol. The standard InChI is InChI=1S/C15H17ClN4O2S/c1-9(2)7-17-13(21)12-8-23-15(19-12)20-14(22)18-11-5-3-10(16)4-6-11/h3-6,8-9H,7H2,1-2H3,(H,17,21)(H2,18,19,20,22). The molecule has 0 aliphatic carbocycles. The van der Waals surface area contributed by atoms with Gasteiger partial charge in [-0.15, -0.1) is 11.3 Å². The highest BCUT2D eigenvalue weighted by atomic mass is 35.5. The molecule has 0 fully saturated rings. The van der Waals surface area contributed by atoms with Crippen LogP contribution in [-0.4, -0.2) is 23.5 Å². The number of hydrogen-bond acceptors (Lipinski definition) is 4. The third-order valence-electron chi connectivity index (χ3n) is 2.73. The van der Waals surface area contributed by atoms with Crippen molar-refractivity contribution in [2.75, 3.05) is 17.2 Å². The van der Waals surface area contributed by atoms with E-state index in [9.17, 15) is 9.59 Å². The van der Waals surface area contributed by atoms with Gasteiger partial charge in [-0.25, -0.2) is 9.78 Å². The molecule has 0 bridgehead atoms. The quantitative estimate of drug-likeness (QED) is 0.764. The van der Waals surface area contributed by atoms with Gasteiger partial charge in [0, 0.05) is 22.6 Å². The van der Waals surface area contributed by atoms with Crippen molar-refractivity contribution in [3.05, 3.63) is 40.4 Å². The normalized spacial score (nSPS) is 10.4. The van der Waals surface area contributed by atoms with E-state index in [1.54, 1.807) is 29.6 Å². The number of hydrogen-bond donors (Lipinski definition) is 3. The van der Waals surface area contributed by atoms with Crippen molar-refractivity contribution in [3.8, 4) is 0 Å². The molecule has 0 saturated carbocycles. The Morgan fingerprint density at radius 1 is 1.22 bits per heavy atom. The van der Waals surface area contributed by atoms with Gasteiger partial charge in [0.15, 0.2) is 5.13 Å². The molecule has 0 aliphatic heterocycles. The van der Waals surface area contributed by atoms with Gasteiger partial charge in [-0.05, 0) is 30.2 Å². The molecular formula is C15H17ClN4O2S. The van der Waals surface area contributed by atoms with Crippen LogP contribution in [0.2, 0.25) is 5.02 Å². The van der Waals surface area contributed by atoms with Crippen molar-refractivity contribution < 1.29 is 9.59 Å². The molecule has 0 radical (unpaired) electrons. The molecule has 8 heteroatoms. The summed E-state index contributed by atoms with van der Waals surface area (Å²) >= 11 is 6.97. The van der Waals surface area contributed by atoms with Crippen LogP contribution in [0.4, 0.5) is 15.6 Å². The van der Waals surface area contributed by atoms with E-state index >= 15 is 0 Å². The summed E-state index contributed by atoms with van der Waals surface area (Å²) in [6, 6.07) is 6.30. The lowest BCUT2D eigenvalue weighted by Gasteiger charge is -2.06. The Hall–Kier alpha value is -2.12. The zero-order valence-electron chi connectivity index (χ0n) is 12.7. The van der Waals surface area contributed by atoms with E-state index in [0.29, 0.717) is 28.3 Å². The second kappa shape index (κ2) is 7.94. The largest absolute Gasteiger partial charge is 0.350 e. The van der Waals surface area contributed by atoms with Gasteiger partial charge in [0.05, 0.1) is 0 Å². The van der Waals surface area contributed by atoms with Crippen molar-refractivity contribution >= 4 is 45.7 Å². The minimum absolute atomic E-state index is 0.249. The molecule has 1 aromatic carbocycles. The maximum Gasteiger partial charge on any atom is 0.325 e. The summed E-state index contributed by atoms with van der Waals surface area (Å²) < 4.78 is 0. The predicted molar refractivity (Wildman–Crippen MR) is 93.4 cm³/mol. The first-order valence-corrected chi connectivity index (χ1v) is 8.27. The smallest absolute Gasteiger partial charge is 0.325 e. The minimum Gasteiger partial charge on any atom is -0.350 e. The van der Waals surface area contributed by atoms with Gasteiger partial charge in [-0.3, -0.25) is 10.1 Å². The first kappa shape index (κ1) is 17.2. The summed E-state index contributed by atoms with van der Waals surface area (Å²) in [5, 5.41) is 10.6. The summed E-state index contributed by atoms with van der Waals surface area (Å²) in [6.45, 7) is 4.60. The molecule has 0 saturated heterocycles. The molecular weight excluding hydrogens is 336 g/mol. The lowest BCUT2D eigenvalue weighted by Crippen LogP contribution is -2.27. The van der Waals surface area contributed by atoms with Crippen LogP contribution in [0.25, 0.3) is 0 Å². The van der Waals surface area contributed by atoms with Crippen molar-refractivity contribution in [1.82, 2.24) is 10.3 Å². The van der Waals surface area contributed by atoms with Crippen molar-refractivity contribution in [1.29, 1.82) is 0 Å². The molecule has 0 spiro atoms. The maximum absolute atomic E-state index is 11.9. The number of anilines is 2. The zero-order valence-corrected chi connectivity index (χ0v) is 14.3. The molecule has 1 heterocycles. The summed E-state index contributed by atoms with van der Waals surface area (Å²) in [7, 11) is 0. The fourth-order valence-corrected chi connectivity index (χ4v) is 2.43. The Balaban J connectivity index is 1.89. The molecule has 6 nitrogen and oxygen atoms in total. The lowest BCUT2D eigenvalue weighted by molar-refractivity contribution is 0.0944. The first-order valence-electron chi connectivity index (χ1n) is 7.01. The SMILES string of the molecule is CC(C)CNC(=O)c1csc(NC(=O)Nc2ccc(Cl)cc2)n1. The fourth-order valence-electron chi connectivity index (χ4n) is 1.62. The highest BCUT2D eigenvalue weighted by Crippen LogP contribution is 2.17. The molecule has 2 rings (SSSR count). The molecule has 2 aromatic rings. The fraction of sp³-hybridized carbons (Fsp3) is 0.267. The van der Waals surface area contributed by atoms with Crippen LogP contribution in [0.15, 0.2) is 29.6 Å². The molecule has 0 aliphatic rings. The van der Waals surface area contributed by atoms with Crippen LogP contribution in [0.1, 0.15) is 24.3 Å². The summed E-state index contributed by atoms with van der Waals surface area (Å²) in [4.78, 5) is 27.8. The number of carbonyl (C=O) groups excluding carboxylic acids is 2. The maximum atomic E-state index is 11.9. The van der Waals surface area contributed by atoms with Crippen LogP contribution in [-0.2, 0) is 0 Å². The number of carbonyl (C=O) groups is 2. The van der Waals surface area contributed by atoms with Gasteiger partial charge in [-0.2, -0.15) is 0 Å². The van der Waals surface area contributed by atoms with E-state index in [1.807, 2.05) is 13.8 Å². The highest BCUT2D eigenvalue weighted by molar-refractivity contribution is 7.14. The van der Waals surface area contributed by atoms with E-state index in [-0.39, 0.29) is 11.6 Å². The lowest BCUT2D eigenvalue weighted by atomic mass is 10.2. The van der Waals surface area contributed by atoms with E-state index in [1.165, 1.54) is 11.3 Å². The molecule has 3 N–H and O–H groups in total. The third-order valence-corrected chi connectivity index (χ3v) is 3.74. The zero-order chi connectivity index (χ0) is 16.8. The Morgan fingerprint density at radius 2 is 1.91 bits per heavy atom. The number of benzene rings is 1. The van der Waals surface area contributed by atoms with Crippen LogP contribution < -0.4 is 16.0 Å². The predicted octanol–water partition coefficient (Wildman–Crippen LogP) is 3.83. The van der Waals surface area contributed by atoms with Crippen LogP contribution in [0, 0.1) is 5.92 Å². The van der Waals surface area contributed by atoms with E-state index in [2.05, 4.69) is 20.9 Å². The minimum atomic E-state index is -0.434. The average Bonchev–Trinajstić information content (AvgIpc) is 2.95. The Bertz CT molecular complexity index is 685.